The molecule has 1 fully saturated rings. The quantitative estimate of drug-likeness (QED) is 0.222. The number of alkyl halides is 3. The highest BCUT2D eigenvalue weighted by Crippen LogP contribution is 2.32. The number of nitrogens with one attached hydrogen (secondary N) is 4. The van der Waals surface area contributed by atoms with E-state index in [2.05, 4.69) is 31.3 Å². The minimum atomic E-state index is -4.61. The first kappa shape index (κ1) is 27.8. The Morgan fingerprint density at radius 2 is 1.93 bits per heavy atom. The number of hydrogen-bond acceptors (Lipinski definition) is 7. The first-order valence-electron chi connectivity index (χ1n) is 12.4. The van der Waals surface area contributed by atoms with E-state index in [0.29, 0.717) is 18.7 Å². The normalized spacial score (nSPS) is 15.5. The molecule has 0 radical (unpaired) electrons. The second kappa shape index (κ2) is 11.4. The number of benzene rings is 2. The summed E-state index contributed by atoms with van der Waals surface area (Å²) in [4.78, 5) is 29.8. The molecule has 11 nitrogen and oxygen atoms in total. The summed E-state index contributed by atoms with van der Waals surface area (Å²) >= 11 is 0. The third kappa shape index (κ3) is 6.20. The number of urea groups is 1. The van der Waals surface area contributed by atoms with Gasteiger partial charge >= 0.3 is 12.2 Å². The van der Waals surface area contributed by atoms with Crippen LogP contribution in [0.25, 0.3) is 16.9 Å². The summed E-state index contributed by atoms with van der Waals surface area (Å²) in [5.74, 6) is -1.46. The summed E-state index contributed by atoms with van der Waals surface area (Å²) in [7, 11) is 0. The predicted molar refractivity (Wildman–Crippen MR) is 142 cm³/mol. The van der Waals surface area contributed by atoms with Crippen LogP contribution in [0.1, 0.15) is 16.1 Å². The van der Waals surface area contributed by atoms with Crippen LogP contribution in [0, 0.1) is 5.82 Å². The highest BCUT2D eigenvalue weighted by molar-refractivity contribution is 6.02. The molecule has 2 aromatic carbocycles. The zero-order chi connectivity index (χ0) is 29.1. The lowest BCUT2D eigenvalue weighted by Gasteiger charge is -2.23. The van der Waals surface area contributed by atoms with Gasteiger partial charge in [-0.05, 0) is 42.5 Å². The molecule has 1 aliphatic rings. The SMILES string of the molecule is Nc1nc(-c2cccc(F)c2NC(=O)Nc2cccc(C(F)(F)F)c2)nn2c(C(=O)NCC3CNCCO3)ccc12. The van der Waals surface area contributed by atoms with Crippen molar-refractivity contribution < 1.29 is 31.9 Å². The molecular weight excluding hydrogens is 548 g/mol. The van der Waals surface area contributed by atoms with Gasteiger partial charge < -0.3 is 31.7 Å². The Hall–Kier alpha value is -4.76. The van der Waals surface area contributed by atoms with Gasteiger partial charge in [-0.15, -0.1) is 5.10 Å². The summed E-state index contributed by atoms with van der Waals surface area (Å²) in [6, 6.07) is 9.88. The van der Waals surface area contributed by atoms with Crippen molar-refractivity contribution in [1.29, 1.82) is 0 Å². The number of nitrogen functional groups attached to an aromatic ring is 1. The number of ether oxygens (including phenoxy) is 1. The van der Waals surface area contributed by atoms with Crippen LogP contribution in [0.2, 0.25) is 0 Å². The molecule has 0 bridgehead atoms. The number of aromatic nitrogens is 3. The Morgan fingerprint density at radius 3 is 2.68 bits per heavy atom. The van der Waals surface area contributed by atoms with Crippen molar-refractivity contribution in [3.8, 4) is 11.4 Å². The number of carbonyl (C=O) groups is 2. The van der Waals surface area contributed by atoms with Crippen molar-refractivity contribution in [1.82, 2.24) is 25.2 Å². The van der Waals surface area contributed by atoms with Crippen molar-refractivity contribution in [2.24, 2.45) is 0 Å². The van der Waals surface area contributed by atoms with Gasteiger partial charge in [0.05, 0.1) is 24.0 Å². The average molecular weight is 573 g/mol. The lowest BCUT2D eigenvalue weighted by Crippen LogP contribution is -2.45. The number of amides is 3. The molecule has 0 saturated carbocycles. The number of nitrogens with two attached hydrogens (primary N) is 1. The number of hydrogen-bond donors (Lipinski definition) is 5. The maximum atomic E-state index is 14.9. The smallest absolute Gasteiger partial charge is 0.382 e. The van der Waals surface area contributed by atoms with E-state index >= 15 is 0 Å². The van der Waals surface area contributed by atoms with Crippen LogP contribution in [0.3, 0.4) is 0 Å². The summed E-state index contributed by atoms with van der Waals surface area (Å²) in [6.07, 6.45) is -4.81. The fourth-order valence-electron chi connectivity index (χ4n) is 4.24. The molecule has 6 N–H and O–H groups in total. The molecule has 1 unspecified atom stereocenters. The first-order chi connectivity index (χ1) is 19.6. The molecule has 0 aliphatic carbocycles. The molecule has 1 aliphatic heterocycles. The van der Waals surface area contributed by atoms with Crippen molar-refractivity contribution in [3.63, 3.8) is 0 Å². The standard InChI is InChI=1S/C26H24F4N8O3/c27-18-6-2-5-17(21(18)35-25(40)34-15-4-1-3-14(11-15)26(28,29)30)23-36-22(31)19-7-8-20(38(19)37-23)24(39)33-13-16-12-32-9-10-41-16/h1-8,11,16,32H,9-10,12-13H2,(H,33,39)(H2,31,36,37)(H2,34,35,40). The van der Waals surface area contributed by atoms with E-state index in [1.807, 2.05) is 0 Å². The second-order valence-corrected chi connectivity index (χ2v) is 9.06. The molecular formula is C26H24F4N8O3. The average Bonchev–Trinajstić information content (AvgIpc) is 3.38. The van der Waals surface area contributed by atoms with E-state index in [1.165, 1.54) is 28.8 Å². The molecule has 1 atom stereocenters. The van der Waals surface area contributed by atoms with Crippen LogP contribution < -0.4 is 27.0 Å². The van der Waals surface area contributed by atoms with E-state index in [9.17, 15) is 27.2 Å². The predicted octanol–water partition coefficient (Wildman–Crippen LogP) is 3.50. The second-order valence-electron chi connectivity index (χ2n) is 9.06. The summed E-state index contributed by atoms with van der Waals surface area (Å²) in [6.45, 7) is 2.11. The number of carbonyl (C=O) groups excluding carboxylic acids is 2. The van der Waals surface area contributed by atoms with E-state index in [4.69, 9.17) is 10.5 Å². The Kier molecular flexibility index (Phi) is 7.72. The molecule has 3 amide bonds. The first-order valence-corrected chi connectivity index (χ1v) is 12.4. The maximum Gasteiger partial charge on any atom is 0.416 e. The third-order valence-electron chi connectivity index (χ3n) is 6.21. The Labute approximate surface area is 230 Å². The number of anilines is 3. The lowest BCUT2D eigenvalue weighted by atomic mass is 10.1. The topological polar surface area (TPSA) is 148 Å². The van der Waals surface area contributed by atoms with Crippen LogP contribution >= 0.6 is 0 Å². The molecule has 2 aromatic heterocycles. The lowest BCUT2D eigenvalue weighted by molar-refractivity contribution is -0.137. The molecule has 0 spiro atoms. The molecule has 3 heterocycles. The summed E-state index contributed by atoms with van der Waals surface area (Å²) < 4.78 is 60.9. The molecule has 15 heteroatoms. The highest BCUT2D eigenvalue weighted by atomic mass is 19.4. The van der Waals surface area contributed by atoms with E-state index < -0.39 is 29.5 Å². The van der Waals surface area contributed by atoms with Crippen molar-refractivity contribution >= 4 is 34.6 Å². The van der Waals surface area contributed by atoms with Crippen molar-refractivity contribution in [3.05, 3.63) is 71.7 Å². The van der Waals surface area contributed by atoms with Crippen LogP contribution in [0.5, 0.6) is 0 Å². The summed E-state index contributed by atoms with van der Waals surface area (Å²) in [5.41, 5.74) is 5.12. The number of morpholine rings is 1. The molecule has 1 saturated heterocycles. The monoisotopic (exact) mass is 572 g/mol. The van der Waals surface area contributed by atoms with Crippen LogP contribution in [-0.4, -0.2) is 58.9 Å². The van der Waals surface area contributed by atoms with Crippen LogP contribution in [0.15, 0.2) is 54.6 Å². The highest BCUT2D eigenvalue weighted by Gasteiger charge is 2.30. The van der Waals surface area contributed by atoms with Crippen molar-refractivity contribution in [2.75, 3.05) is 42.6 Å². The van der Waals surface area contributed by atoms with Gasteiger partial charge in [-0.25, -0.2) is 18.7 Å². The third-order valence-corrected chi connectivity index (χ3v) is 6.21. The maximum absolute atomic E-state index is 14.9. The largest absolute Gasteiger partial charge is 0.416 e. The molecule has 5 rings (SSSR count). The molecule has 41 heavy (non-hydrogen) atoms. The fraction of sp³-hybridized carbons (Fsp3) is 0.231. The number of fused-ring (bicyclic) bond motifs is 1. The number of rotatable bonds is 6. The zero-order valence-electron chi connectivity index (χ0n) is 21.3. The Bertz CT molecular complexity index is 1600. The number of halogens is 4. The van der Waals surface area contributed by atoms with Gasteiger partial charge in [0.25, 0.3) is 5.91 Å². The fourth-order valence-corrected chi connectivity index (χ4v) is 4.24. The minimum absolute atomic E-state index is 0.0135. The zero-order valence-corrected chi connectivity index (χ0v) is 21.3. The van der Waals surface area contributed by atoms with Gasteiger partial charge in [0.15, 0.2) is 11.6 Å². The number of nitrogens with zero attached hydrogens (tertiary/aromatic N) is 3. The summed E-state index contributed by atoms with van der Waals surface area (Å²) in [5, 5.41) is 14.9. The van der Waals surface area contributed by atoms with Gasteiger partial charge in [0.2, 0.25) is 0 Å². The number of para-hydroxylation sites is 1. The Morgan fingerprint density at radius 1 is 1.12 bits per heavy atom. The minimum Gasteiger partial charge on any atom is -0.382 e. The van der Waals surface area contributed by atoms with Gasteiger partial charge in [-0.2, -0.15) is 13.2 Å². The van der Waals surface area contributed by atoms with E-state index in [-0.39, 0.29) is 46.9 Å². The Balaban J connectivity index is 1.40. The van der Waals surface area contributed by atoms with Gasteiger partial charge in [-0.3, -0.25) is 4.79 Å². The molecule has 4 aromatic rings. The van der Waals surface area contributed by atoms with Crippen molar-refractivity contribution in [2.45, 2.75) is 12.3 Å². The van der Waals surface area contributed by atoms with Crippen LogP contribution in [-0.2, 0) is 10.9 Å². The van der Waals surface area contributed by atoms with E-state index in [0.717, 1.165) is 30.8 Å². The van der Waals surface area contributed by atoms with Gasteiger partial charge in [0.1, 0.15) is 17.0 Å². The molecule has 214 valence electrons. The van der Waals surface area contributed by atoms with Gasteiger partial charge in [0, 0.05) is 30.9 Å². The van der Waals surface area contributed by atoms with E-state index in [1.54, 1.807) is 6.07 Å². The van der Waals surface area contributed by atoms with Crippen LogP contribution in [0.4, 0.5) is 39.5 Å². The van der Waals surface area contributed by atoms with Gasteiger partial charge in [-0.1, -0.05) is 12.1 Å².